The molecule has 1 N–H and O–H groups in total. The Morgan fingerprint density at radius 3 is 2.57 bits per heavy atom. The van der Waals surface area contributed by atoms with Crippen LogP contribution in [-0.2, 0) is 0 Å². The van der Waals surface area contributed by atoms with Crippen molar-refractivity contribution in [3.8, 4) is 11.5 Å². The van der Waals surface area contributed by atoms with E-state index < -0.39 is 16.7 Å². The smallest absolute Gasteiger partial charge is 0.270 e. The lowest BCUT2D eigenvalue weighted by Gasteiger charge is -2.26. The van der Waals surface area contributed by atoms with Crippen molar-refractivity contribution in [1.82, 2.24) is 4.90 Å². The second kappa shape index (κ2) is 7.75. The van der Waals surface area contributed by atoms with E-state index in [1.807, 2.05) is 18.2 Å². The Balaban J connectivity index is 1.59. The number of non-ortho nitro benzene ring substituents is 1. The molecule has 1 unspecified atom stereocenters. The summed E-state index contributed by atoms with van der Waals surface area (Å²) in [6.07, 6.45) is 1.84. The number of nitrogens with zero attached hydrogens (tertiary/aromatic N) is 2. The van der Waals surface area contributed by atoms with Crippen LogP contribution in [-0.4, -0.2) is 49.1 Å². The minimum absolute atomic E-state index is 0.0597. The molecule has 30 heavy (non-hydrogen) atoms. The molecule has 0 bridgehead atoms. The van der Waals surface area contributed by atoms with Gasteiger partial charge in [-0.3, -0.25) is 19.7 Å². The zero-order valence-electron chi connectivity index (χ0n) is 16.7. The molecule has 0 saturated carbocycles. The van der Waals surface area contributed by atoms with Crippen LogP contribution in [0.5, 0.6) is 11.5 Å². The number of imide groups is 1. The molecule has 0 radical (unpaired) electrons. The van der Waals surface area contributed by atoms with Crippen LogP contribution in [0.15, 0.2) is 36.4 Å². The van der Waals surface area contributed by atoms with Gasteiger partial charge in [0.1, 0.15) is 17.5 Å². The van der Waals surface area contributed by atoms with E-state index >= 15 is 0 Å². The predicted molar refractivity (Wildman–Crippen MR) is 106 cm³/mol. The summed E-state index contributed by atoms with van der Waals surface area (Å²) in [6, 6.07) is 9.50. The Kier molecular flexibility index (Phi) is 5.13. The number of carbonyl (C=O) groups excluding carboxylic acids is 2. The van der Waals surface area contributed by atoms with Crippen LogP contribution in [0.2, 0.25) is 0 Å². The molecule has 2 aromatic rings. The van der Waals surface area contributed by atoms with Crippen molar-refractivity contribution in [3.05, 3.63) is 63.2 Å². The molecule has 0 spiro atoms. The third kappa shape index (κ3) is 3.26. The number of benzene rings is 2. The maximum atomic E-state index is 12.8. The number of hydrogen-bond acceptors (Lipinski definition) is 6. The number of carbonyl (C=O) groups is 2. The number of ether oxygens (including phenoxy) is 2. The number of amides is 2. The molecule has 9 nitrogen and oxygen atoms in total. The van der Waals surface area contributed by atoms with Crippen molar-refractivity contribution in [2.24, 2.45) is 0 Å². The van der Waals surface area contributed by atoms with Crippen LogP contribution >= 0.6 is 0 Å². The number of methoxy groups -OCH3 is 2. The van der Waals surface area contributed by atoms with Gasteiger partial charge in [-0.25, -0.2) is 4.90 Å². The van der Waals surface area contributed by atoms with Crippen molar-refractivity contribution in [2.75, 3.05) is 27.4 Å². The van der Waals surface area contributed by atoms with Gasteiger partial charge in [-0.05, 0) is 18.2 Å². The number of fused-ring (bicyclic) bond motifs is 1. The van der Waals surface area contributed by atoms with E-state index in [-0.39, 0.29) is 29.5 Å². The quantitative estimate of drug-likeness (QED) is 0.439. The average Bonchev–Trinajstić information content (AvgIpc) is 3.31. The highest BCUT2D eigenvalue weighted by atomic mass is 16.6. The normalized spacial score (nSPS) is 20.4. The highest BCUT2D eigenvalue weighted by Gasteiger charge is 2.42. The van der Waals surface area contributed by atoms with Gasteiger partial charge in [-0.2, -0.15) is 0 Å². The number of nitrogens with one attached hydrogen (secondary N) is 1. The minimum atomic E-state index is -0.571. The standard InChI is InChI=1S/C21H21N3O6/c1-29-14-6-8-16(19(11-14)30-2)18-4-3-9-22(18)12-23-20(25)15-7-5-13(24(27)28)10-17(15)21(23)26/h5-8,10-11,18H,3-4,9,12H2,1-2H3/p+1/t18-/m1/s1. The summed E-state index contributed by atoms with van der Waals surface area (Å²) in [4.78, 5) is 38.4. The molecule has 2 atom stereocenters. The molecule has 156 valence electrons. The summed E-state index contributed by atoms with van der Waals surface area (Å²) in [7, 11) is 3.19. The number of nitro groups is 1. The van der Waals surface area contributed by atoms with E-state index in [0.29, 0.717) is 11.5 Å². The van der Waals surface area contributed by atoms with E-state index in [1.54, 1.807) is 14.2 Å². The topological polar surface area (TPSA) is 103 Å². The van der Waals surface area contributed by atoms with Gasteiger partial charge in [0.05, 0.1) is 42.4 Å². The van der Waals surface area contributed by atoms with Crippen LogP contribution in [0.4, 0.5) is 5.69 Å². The second-order valence-corrected chi connectivity index (χ2v) is 7.39. The van der Waals surface area contributed by atoms with Crippen molar-refractivity contribution in [3.63, 3.8) is 0 Å². The maximum Gasteiger partial charge on any atom is 0.270 e. The summed E-state index contributed by atoms with van der Waals surface area (Å²) in [5, 5.41) is 11.0. The SMILES string of the molecule is COc1ccc([C@H]2CCC[NH+]2CN2C(=O)c3ccc([N+](=O)[O-])cc3C2=O)c(OC)c1. The zero-order chi connectivity index (χ0) is 21.4. The van der Waals surface area contributed by atoms with E-state index in [9.17, 15) is 19.7 Å². The zero-order valence-corrected chi connectivity index (χ0v) is 16.7. The number of rotatable bonds is 6. The first kappa shape index (κ1) is 19.8. The summed E-state index contributed by atoms with van der Waals surface area (Å²) < 4.78 is 10.8. The number of likely N-dealkylation sites (tertiary alicyclic amines) is 1. The summed E-state index contributed by atoms with van der Waals surface area (Å²) >= 11 is 0. The van der Waals surface area contributed by atoms with E-state index in [0.717, 1.165) is 29.8 Å². The Labute approximate surface area is 172 Å². The molecule has 9 heteroatoms. The fraction of sp³-hybridized carbons (Fsp3) is 0.333. The lowest BCUT2D eigenvalue weighted by atomic mass is 10.0. The molecule has 2 aliphatic heterocycles. The van der Waals surface area contributed by atoms with Gasteiger partial charge >= 0.3 is 0 Å². The third-order valence-electron chi connectivity index (χ3n) is 5.83. The van der Waals surface area contributed by atoms with Gasteiger partial charge in [0.15, 0.2) is 6.67 Å². The van der Waals surface area contributed by atoms with Gasteiger partial charge in [-0.15, -0.1) is 0 Å². The Morgan fingerprint density at radius 2 is 1.87 bits per heavy atom. The lowest BCUT2D eigenvalue weighted by Crippen LogP contribution is -3.12. The molecule has 2 heterocycles. The Bertz CT molecular complexity index is 1040. The first-order valence-corrected chi connectivity index (χ1v) is 9.65. The molecule has 2 aliphatic rings. The highest BCUT2D eigenvalue weighted by molar-refractivity contribution is 6.21. The van der Waals surface area contributed by atoms with Crippen LogP contribution in [0.3, 0.4) is 0 Å². The van der Waals surface area contributed by atoms with Crippen LogP contribution < -0.4 is 14.4 Å². The minimum Gasteiger partial charge on any atom is -0.497 e. The number of nitro benzene ring substituents is 1. The fourth-order valence-electron chi connectivity index (χ4n) is 4.32. The van der Waals surface area contributed by atoms with Gasteiger partial charge in [-0.1, -0.05) is 0 Å². The van der Waals surface area contributed by atoms with E-state index in [4.69, 9.17) is 9.47 Å². The molecular weight excluding hydrogens is 390 g/mol. The fourth-order valence-corrected chi connectivity index (χ4v) is 4.32. The molecule has 0 aliphatic carbocycles. The van der Waals surface area contributed by atoms with E-state index in [1.165, 1.54) is 23.1 Å². The molecule has 1 fully saturated rings. The van der Waals surface area contributed by atoms with Gasteiger partial charge in [0.25, 0.3) is 17.5 Å². The molecule has 1 saturated heterocycles. The molecule has 4 rings (SSSR count). The third-order valence-corrected chi connectivity index (χ3v) is 5.83. The van der Waals surface area contributed by atoms with Crippen LogP contribution in [0, 0.1) is 10.1 Å². The van der Waals surface area contributed by atoms with Crippen molar-refractivity contribution in [2.45, 2.75) is 18.9 Å². The number of hydrogen-bond donors (Lipinski definition) is 1. The lowest BCUT2D eigenvalue weighted by molar-refractivity contribution is -0.925. The summed E-state index contributed by atoms with van der Waals surface area (Å²) in [5.74, 6) is 0.497. The first-order valence-electron chi connectivity index (χ1n) is 9.65. The molecule has 2 aromatic carbocycles. The van der Waals surface area contributed by atoms with E-state index in [2.05, 4.69) is 0 Å². The predicted octanol–water partition coefficient (Wildman–Crippen LogP) is 1.59. The maximum absolute atomic E-state index is 12.8. The Morgan fingerprint density at radius 1 is 1.10 bits per heavy atom. The van der Waals surface area contributed by atoms with Gasteiger partial charge in [0.2, 0.25) is 0 Å². The molecular formula is C21H22N3O6+. The van der Waals surface area contributed by atoms with Gasteiger partial charge < -0.3 is 14.4 Å². The largest absolute Gasteiger partial charge is 0.497 e. The average molecular weight is 412 g/mol. The van der Waals surface area contributed by atoms with Crippen molar-refractivity contribution in [1.29, 1.82) is 0 Å². The first-order chi connectivity index (χ1) is 14.4. The molecule has 0 aromatic heterocycles. The number of quaternary nitrogens is 1. The summed E-state index contributed by atoms with van der Waals surface area (Å²) in [6.45, 7) is 0.993. The van der Waals surface area contributed by atoms with Crippen LogP contribution in [0.25, 0.3) is 0 Å². The molecule has 2 amide bonds. The Hall–Kier alpha value is -3.46. The summed E-state index contributed by atoms with van der Waals surface area (Å²) in [5.41, 5.74) is 1.10. The monoisotopic (exact) mass is 412 g/mol. The highest BCUT2D eigenvalue weighted by Crippen LogP contribution is 2.32. The van der Waals surface area contributed by atoms with Crippen molar-refractivity contribution >= 4 is 17.5 Å². The van der Waals surface area contributed by atoms with Crippen LogP contribution in [0.1, 0.15) is 45.2 Å². The van der Waals surface area contributed by atoms with Crippen molar-refractivity contribution < 1.29 is 28.9 Å². The van der Waals surface area contributed by atoms with Gasteiger partial charge in [0, 0.05) is 31.0 Å². The second-order valence-electron chi connectivity index (χ2n) is 7.39.